The van der Waals surface area contributed by atoms with E-state index in [1.165, 1.54) is 0 Å². The minimum Gasteiger partial charge on any atom is -0.358 e. The average molecular weight is 287 g/mol. The van der Waals surface area contributed by atoms with Crippen molar-refractivity contribution in [2.24, 2.45) is 0 Å². The van der Waals surface area contributed by atoms with Crippen molar-refractivity contribution in [1.82, 2.24) is 4.98 Å². The van der Waals surface area contributed by atoms with Crippen molar-refractivity contribution in [2.45, 2.75) is 6.54 Å². The number of nitrogens with one attached hydrogen (secondary N) is 1. The van der Waals surface area contributed by atoms with Crippen LogP contribution >= 0.6 is 11.6 Å². The standard InChI is InChI=1S/C15H12ClN3O/c16-11-3-1-10(2-4-11)14(20)9-19-13-7-8-18-12(13)5-6-15(19)17/h1-8H,9H2,(H2,17,18)/p+1. The Morgan fingerprint density at radius 1 is 1.15 bits per heavy atom. The lowest BCUT2D eigenvalue weighted by Crippen LogP contribution is -2.41. The van der Waals surface area contributed by atoms with Crippen LogP contribution in [-0.4, -0.2) is 10.8 Å². The number of halogens is 1. The summed E-state index contributed by atoms with van der Waals surface area (Å²) in [5.41, 5.74) is 8.45. The predicted octanol–water partition coefficient (Wildman–Crippen LogP) is 2.57. The highest BCUT2D eigenvalue weighted by Crippen LogP contribution is 2.12. The first-order valence-electron chi connectivity index (χ1n) is 6.19. The molecule has 0 aliphatic rings. The average Bonchev–Trinajstić information content (AvgIpc) is 2.91. The Balaban J connectivity index is 1.96. The van der Waals surface area contributed by atoms with E-state index in [4.69, 9.17) is 17.3 Å². The van der Waals surface area contributed by atoms with Crippen LogP contribution in [0.2, 0.25) is 5.02 Å². The van der Waals surface area contributed by atoms with Gasteiger partial charge in [0, 0.05) is 28.9 Å². The minimum absolute atomic E-state index is 0.00735. The highest BCUT2D eigenvalue weighted by atomic mass is 35.5. The Morgan fingerprint density at radius 2 is 1.90 bits per heavy atom. The van der Waals surface area contributed by atoms with Gasteiger partial charge in [-0.15, -0.1) is 0 Å². The number of fused-ring (bicyclic) bond motifs is 1. The maximum absolute atomic E-state index is 12.3. The van der Waals surface area contributed by atoms with Crippen molar-refractivity contribution in [3.8, 4) is 0 Å². The number of carbonyl (C=O) groups is 1. The van der Waals surface area contributed by atoms with E-state index in [1.54, 1.807) is 34.9 Å². The SMILES string of the molecule is Nc1ccc2[nH]ccc2[n+]1CC(=O)c1ccc(Cl)cc1. The number of H-pyrrole nitrogens is 1. The first-order valence-corrected chi connectivity index (χ1v) is 6.57. The first kappa shape index (κ1) is 12.7. The monoisotopic (exact) mass is 286 g/mol. The lowest BCUT2D eigenvalue weighted by atomic mass is 10.1. The molecule has 1 aromatic carbocycles. The fraction of sp³-hybridized carbons (Fsp3) is 0.0667. The quantitative estimate of drug-likeness (QED) is 0.574. The van der Waals surface area contributed by atoms with Gasteiger partial charge >= 0.3 is 0 Å². The number of nitrogen functional groups attached to an aromatic ring is 1. The van der Waals surface area contributed by atoms with E-state index < -0.39 is 0 Å². The summed E-state index contributed by atoms with van der Waals surface area (Å²) in [6.07, 6.45) is 1.83. The van der Waals surface area contributed by atoms with E-state index in [-0.39, 0.29) is 12.3 Å². The summed E-state index contributed by atoms with van der Waals surface area (Å²) in [6, 6.07) is 12.4. The lowest BCUT2D eigenvalue weighted by Gasteiger charge is -2.05. The first-order chi connectivity index (χ1) is 9.65. The van der Waals surface area contributed by atoms with E-state index in [0.717, 1.165) is 11.0 Å². The van der Waals surface area contributed by atoms with Crippen molar-refractivity contribution in [3.63, 3.8) is 0 Å². The zero-order chi connectivity index (χ0) is 14.1. The molecule has 4 nitrogen and oxygen atoms in total. The molecule has 3 N–H and O–H groups in total. The normalized spacial score (nSPS) is 10.8. The summed E-state index contributed by atoms with van der Waals surface area (Å²) in [4.78, 5) is 15.4. The van der Waals surface area contributed by atoms with E-state index >= 15 is 0 Å². The number of aromatic amines is 1. The molecule has 0 saturated carbocycles. The van der Waals surface area contributed by atoms with E-state index in [9.17, 15) is 4.79 Å². The molecule has 3 rings (SSSR count). The number of carbonyl (C=O) groups excluding carboxylic acids is 1. The molecule has 20 heavy (non-hydrogen) atoms. The Labute approximate surface area is 120 Å². The number of hydrogen-bond donors (Lipinski definition) is 2. The highest BCUT2D eigenvalue weighted by molar-refractivity contribution is 6.30. The number of aromatic nitrogens is 2. The van der Waals surface area contributed by atoms with Crippen LogP contribution < -0.4 is 10.3 Å². The van der Waals surface area contributed by atoms with Crippen LogP contribution in [-0.2, 0) is 6.54 Å². The fourth-order valence-corrected chi connectivity index (χ4v) is 2.31. The number of Topliss-reactive ketones (excluding diaryl/α,β-unsaturated/α-hetero) is 1. The number of benzene rings is 1. The van der Waals surface area contributed by atoms with Gasteiger partial charge in [-0.2, -0.15) is 0 Å². The molecule has 2 heterocycles. The van der Waals surface area contributed by atoms with E-state index in [2.05, 4.69) is 4.98 Å². The number of pyridine rings is 1. The highest BCUT2D eigenvalue weighted by Gasteiger charge is 2.16. The predicted molar refractivity (Wildman–Crippen MR) is 78.7 cm³/mol. The molecule has 0 spiro atoms. The summed E-state index contributed by atoms with van der Waals surface area (Å²) in [5, 5.41) is 0.612. The topological polar surface area (TPSA) is 62.8 Å². The van der Waals surface area contributed by atoms with Crippen LogP contribution in [0.1, 0.15) is 10.4 Å². The smallest absolute Gasteiger partial charge is 0.273 e. The van der Waals surface area contributed by atoms with Crippen LogP contribution in [0.4, 0.5) is 5.82 Å². The Bertz CT molecular complexity index is 777. The van der Waals surface area contributed by atoms with Gasteiger partial charge in [-0.25, -0.2) is 4.57 Å². The molecule has 100 valence electrons. The molecule has 5 heteroatoms. The maximum Gasteiger partial charge on any atom is 0.273 e. The van der Waals surface area contributed by atoms with Crippen molar-refractivity contribution >= 4 is 34.2 Å². The summed E-state index contributed by atoms with van der Waals surface area (Å²) < 4.78 is 1.79. The molecule has 0 amide bonds. The van der Waals surface area contributed by atoms with Gasteiger partial charge in [0.05, 0.1) is 5.52 Å². The summed E-state index contributed by atoms with van der Waals surface area (Å²) >= 11 is 5.82. The van der Waals surface area contributed by atoms with Crippen molar-refractivity contribution in [1.29, 1.82) is 0 Å². The van der Waals surface area contributed by atoms with Crippen LogP contribution in [0.3, 0.4) is 0 Å². The molecule has 0 fully saturated rings. The van der Waals surface area contributed by atoms with Gasteiger partial charge in [-0.1, -0.05) is 11.6 Å². The van der Waals surface area contributed by atoms with Gasteiger partial charge in [0.15, 0.2) is 12.1 Å². The van der Waals surface area contributed by atoms with Crippen LogP contribution in [0, 0.1) is 0 Å². The number of nitrogens with zero attached hydrogens (tertiary/aromatic N) is 1. The number of rotatable bonds is 3. The molecule has 0 aliphatic carbocycles. The summed E-state index contributed by atoms with van der Waals surface area (Å²) in [5.74, 6) is 0.548. The molecule has 0 unspecified atom stereocenters. The number of ketones is 1. The third kappa shape index (κ3) is 2.26. The van der Waals surface area contributed by atoms with E-state index in [1.807, 2.05) is 18.3 Å². The van der Waals surface area contributed by atoms with Gasteiger partial charge < -0.3 is 4.98 Å². The third-order valence-electron chi connectivity index (χ3n) is 3.25. The molecule has 2 aromatic heterocycles. The van der Waals surface area contributed by atoms with Crippen LogP contribution in [0.15, 0.2) is 48.7 Å². The molecule has 0 radical (unpaired) electrons. The molecule has 0 aliphatic heterocycles. The molecular weight excluding hydrogens is 274 g/mol. The second kappa shape index (κ2) is 4.98. The molecule has 3 aromatic rings. The van der Waals surface area contributed by atoms with Crippen molar-refractivity contribution < 1.29 is 9.36 Å². The minimum atomic E-state index is -0.00735. The lowest BCUT2D eigenvalue weighted by molar-refractivity contribution is -0.642. The number of nitrogens with two attached hydrogens (primary N) is 1. The van der Waals surface area contributed by atoms with Crippen molar-refractivity contribution in [3.05, 3.63) is 59.2 Å². The van der Waals surface area contributed by atoms with E-state index in [0.29, 0.717) is 16.4 Å². The Hall–Kier alpha value is -2.33. The second-order valence-electron chi connectivity index (χ2n) is 4.55. The largest absolute Gasteiger partial charge is 0.358 e. The Kier molecular flexibility index (Phi) is 3.16. The van der Waals surface area contributed by atoms with Gasteiger partial charge in [0.2, 0.25) is 5.78 Å². The summed E-state index contributed by atoms with van der Waals surface area (Å²) in [6.45, 7) is 0.197. The fourth-order valence-electron chi connectivity index (χ4n) is 2.19. The van der Waals surface area contributed by atoms with Gasteiger partial charge in [-0.05, 0) is 30.3 Å². The van der Waals surface area contributed by atoms with Crippen LogP contribution in [0.25, 0.3) is 11.0 Å². The molecular formula is C15H13ClN3O+. The van der Waals surface area contributed by atoms with Gasteiger partial charge in [0.1, 0.15) is 0 Å². The van der Waals surface area contributed by atoms with Crippen LogP contribution in [0.5, 0.6) is 0 Å². The molecule has 0 atom stereocenters. The van der Waals surface area contributed by atoms with Gasteiger partial charge in [0.25, 0.3) is 5.82 Å². The summed E-state index contributed by atoms with van der Waals surface area (Å²) in [7, 11) is 0. The third-order valence-corrected chi connectivity index (χ3v) is 3.50. The zero-order valence-corrected chi connectivity index (χ0v) is 11.4. The number of hydrogen-bond acceptors (Lipinski definition) is 2. The molecule has 0 saturated heterocycles. The Morgan fingerprint density at radius 3 is 2.65 bits per heavy atom. The van der Waals surface area contributed by atoms with Crippen molar-refractivity contribution in [2.75, 3.05) is 5.73 Å². The van der Waals surface area contributed by atoms with Gasteiger partial charge in [-0.3, -0.25) is 10.5 Å². The second-order valence-corrected chi connectivity index (χ2v) is 4.99. The maximum atomic E-state index is 12.3. The zero-order valence-electron chi connectivity index (χ0n) is 10.6. The number of anilines is 1. The molecule has 0 bridgehead atoms.